The molecule has 0 bridgehead atoms. The second-order valence-electron chi connectivity index (χ2n) is 5.72. The number of hydrogen-bond donors (Lipinski definition) is 1. The third-order valence-electron chi connectivity index (χ3n) is 3.79. The van der Waals surface area contributed by atoms with Crippen LogP contribution in [0.5, 0.6) is 0 Å². The van der Waals surface area contributed by atoms with Gasteiger partial charge in [0.05, 0.1) is 6.54 Å². The zero-order valence-electron chi connectivity index (χ0n) is 12.6. The van der Waals surface area contributed by atoms with Crippen LogP contribution in [0.1, 0.15) is 40.5 Å². The number of alkyl halides is 3. The summed E-state index contributed by atoms with van der Waals surface area (Å²) in [6.07, 6.45) is -2.79. The number of nitrogens with zero attached hydrogens (tertiary/aromatic N) is 2. The molecule has 8 heteroatoms. The fourth-order valence-corrected chi connectivity index (χ4v) is 2.46. The molecule has 2 aromatic rings. The fourth-order valence-electron chi connectivity index (χ4n) is 2.46. The topological polar surface area (TPSA) is 46.9 Å². The molecule has 1 aromatic carbocycles. The Morgan fingerprint density at radius 1 is 1.29 bits per heavy atom. The molecule has 24 heavy (non-hydrogen) atoms. The van der Waals surface area contributed by atoms with Gasteiger partial charge in [0.25, 0.3) is 5.91 Å². The summed E-state index contributed by atoms with van der Waals surface area (Å²) in [4.78, 5) is 11.9. The van der Waals surface area contributed by atoms with Crippen LogP contribution in [0, 0.1) is 5.82 Å². The number of halogens is 4. The lowest BCUT2D eigenvalue weighted by Gasteiger charge is -2.08. The summed E-state index contributed by atoms with van der Waals surface area (Å²) < 4.78 is 52.8. The lowest BCUT2D eigenvalue weighted by Crippen LogP contribution is -2.28. The average molecular weight is 341 g/mol. The van der Waals surface area contributed by atoms with Crippen molar-refractivity contribution in [1.82, 2.24) is 15.1 Å². The Morgan fingerprint density at radius 2 is 2.04 bits per heavy atom. The van der Waals surface area contributed by atoms with Crippen LogP contribution in [0.2, 0.25) is 0 Å². The molecule has 0 spiro atoms. The molecule has 4 nitrogen and oxygen atoms in total. The Kier molecular flexibility index (Phi) is 4.29. The van der Waals surface area contributed by atoms with Gasteiger partial charge >= 0.3 is 6.18 Å². The molecule has 0 unspecified atom stereocenters. The average Bonchev–Trinajstić information content (AvgIpc) is 3.26. The smallest absolute Gasteiger partial charge is 0.350 e. The van der Waals surface area contributed by atoms with Crippen LogP contribution in [0.15, 0.2) is 30.3 Å². The minimum atomic E-state index is -4.49. The third-order valence-corrected chi connectivity index (χ3v) is 3.79. The highest BCUT2D eigenvalue weighted by Crippen LogP contribution is 2.42. The van der Waals surface area contributed by atoms with Gasteiger partial charge in [-0.3, -0.25) is 9.48 Å². The van der Waals surface area contributed by atoms with E-state index in [9.17, 15) is 22.4 Å². The van der Waals surface area contributed by atoms with E-state index < -0.39 is 23.6 Å². The maximum Gasteiger partial charge on any atom is 0.435 e. The van der Waals surface area contributed by atoms with E-state index in [-0.39, 0.29) is 24.6 Å². The number of nitrogens with one attached hydrogen (secondary N) is 1. The quantitative estimate of drug-likeness (QED) is 0.848. The molecule has 1 N–H and O–H groups in total. The maximum absolute atomic E-state index is 13.1. The molecule has 1 aliphatic rings. The summed E-state index contributed by atoms with van der Waals surface area (Å²) in [5, 5.41) is 6.17. The molecular formula is C16H15F4N3O. The van der Waals surface area contributed by atoms with Crippen LogP contribution >= 0.6 is 0 Å². The summed E-state index contributed by atoms with van der Waals surface area (Å²) in [6.45, 7) is 0.233. The minimum Gasteiger partial charge on any atom is -0.350 e. The summed E-state index contributed by atoms with van der Waals surface area (Å²) in [5.74, 6) is -0.904. The minimum absolute atomic E-state index is 0.104. The molecule has 0 radical (unpaired) electrons. The van der Waals surface area contributed by atoms with Crippen molar-refractivity contribution in [2.75, 3.05) is 6.54 Å². The van der Waals surface area contributed by atoms with E-state index >= 15 is 0 Å². The Balaban J connectivity index is 1.64. The van der Waals surface area contributed by atoms with Crippen LogP contribution < -0.4 is 5.32 Å². The van der Waals surface area contributed by atoms with E-state index in [0.29, 0.717) is 5.69 Å². The normalized spacial score (nSPS) is 14.7. The third kappa shape index (κ3) is 3.74. The van der Waals surface area contributed by atoms with Crippen molar-refractivity contribution in [3.05, 3.63) is 53.1 Å². The standard InChI is InChI=1S/C16H15F4N3O/c17-12-3-1-2-11(8-12)15(24)21-6-7-23-13(10-4-5-10)9-14(22-23)16(18,19)20/h1-3,8-10H,4-7H2,(H,21,24). The first kappa shape index (κ1) is 16.5. The van der Waals surface area contributed by atoms with Crippen molar-refractivity contribution in [2.24, 2.45) is 0 Å². The molecule has 1 heterocycles. The number of aromatic nitrogens is 2. The maximum atomic E-state index is 13.1. The number of carbonyl (C=O) groups is 1. The van der Waals surface area contributed by atoms with Crippen molar-refractivity contribution in [3.63, 3.8) is 0 Å². The Bertz CT molecular complexity index is 750. The van der Waals surface area contributed by atoms with Crippen LogP contribution in [-0.2, 0) is 12.7 Å². The first-order chi connectivity index (χ1) is 11.3. The van der Waals surface area contributed by atoms with Gasteiger partial charge in [0.2, 0.25) is 0 Å². The number of carbonyl (C=O) groups excluding carboxylic acids is 1. The van der Waals surface area contributed by atoms with E-state index in [1.165, 1.54) is 22.9 Å². The van der Waals surface area contributed by atoms with Gasteiger partial charge in [-0.1, -0.05) is 6.07 Å². The fraction of sp³-hybridized carbons (Fsp3) is 0.375. The zero-order chi connectivity index (χ0) is 17.3. The monoisotopic (exact) mass is 341 g/mol. The summed E-state index contributed by atoms with van der Waals surface area (Å²) >= 11 is 0. The highest BCUT2D eigenvalue weighted by atomic mass is 19.4. The van der Waals surface area contributed by atoms with Crippen LogP contribution in [0.3, 0.4) is 0 Å². The Morgan fingerprint density at radius 3 is 2.67 bits per heavy atom. The second-order valence-corrected chi connectivity index (χ2v) is 5.72. The van der Waals surface area contributed by atoms with E-state index in [1.54, 1.807) is 0 Å². The molecule has 0 atom stereocenters. The van der Waals surface area contributed by atoms with E-state index in [2.05, 4.69) is 10.4 Å². The molecule has 3 rings (SSSR count). The zero-order valence-corrected chi connectivity index (χ0v) is 12.6. The summed E-state index contributed by atoms with van der Waals surface area (Å²) in [7, 11) is 0. The molecular weight excluding hydrogens is 326 g/mol. The largest absolute Gasteiger partial charge is 0.435 e. The molecule has 1 amide bonds. The van der Waals surface area contributed by atoms with Gasteiger partial charge in [-0.05, 0) is 37.1 Å². The number of benzene rings is 1. The van der Waals surface area contributed by atoms with Gasteiger partial charge in [0, 0.05) is 23.7 Å². The summed E-state index contributed by atoms with van der Waals surface area (Å²) in [6, 6.07) is 6.27. The Hall–Kier alpha value is -2.38. The molecule has 1 saturated carbocycles. The van der Waals surface area contributed by atoms with Crippen LogP contribution in [-0.4, -0.2) is 22.2 Å². The molecule has 1 aromatic heterocycles. The van der Waals surface area contributed by atoms with Crippen molar-refractivity contribution in [3.8, 4) is 0 Å². The number of amides is 1. The molecule has 0 saturated heterocycles. The highest BCUT2D eigenvalue weighted by molar-refractivity contribution is 5.94. The number of rotatable bonds is 5. The van der Waals surface area contributed by atoms with Gasteiger partial charge in [0.15, 0.2) is 5.69 Å². The van der Waals surface area contributed by atoms with Gasteiger partial charge in [0.1, 0.15) is 5.82 Å². The van der Waals surface area contributed by atoms with Gasteiger partial charge < -0.3 is 5.32 Å². The van der Waals surface area contributed by atoms with Crippen molar-refractivity contribution in [2.45, 2.75) is 31.5 Å². The van der Waals surface area contributed by atoms with E-state index in [4.69, 9.17) is 0 Å². The molecule has 0 aliphatic heterocycles. The van der Waals surface area contributed by atoms with Crippen LogP contribution in [0.25, 0.3) is 0 Å². The van der Waals surface area contributed by atoms with Crippen LogP contribution in [0.4, 0.5) is 17.6 Å². The molecule has 1 aliphatic carbocycles. The predicted octanol–water partition coefficient (Wildman–Crippen LogP) is 3.35. The Labute approximate surface area is 135 Å². The molecule has 128 valence electrons. The van der Waals surface area contributed by atoms with Crippen molar-refractivity contribution in [1.29, 1.82) is 0 Å². The van der Waals surface area contributed by atoms with Gasteiger partial charge in [-0.25, -0.2) is 4.39 Å². The molecule has 1 fully saturated rings. The predicted molar refractivity (Wildman–Crippen MR) is 77.9 cm³/mol. The van der Waals surface area contributed by atoms with Crippen molar-refractivity contribution < 1.29 is 22.4 Å². The number of hydrogen-bond acceptors (Lipinski definition) is 2. The van der Waals surface area contributed by atoms with E-state index in [1.807, 2.05) is 0 Å². The van der Waals surface area contributed by atoms with Gasteiger partial charge in [-0.15, -0.1) is 0 Å². The first-order valence-electron chi connectivity index (χ1n) is 7.53. The summed E-state index contributed by atoms with van der Waals surface area (Å²) in [5.41, 5.74) is -0.211. The van der Waals surface area contributed by atoms with Gasteiger partial charge in [-0.2, -0.15) is 18.3 Å². The second kappa shape index (κ2) is 6.26. The lowest BCUT2D eigenvalue weighted by molar-refractivity contribution is -0.141. The first-order valence-corrected chi connectivity index (χ1v) is 7.53. The lowest BCUT2D eigenvalue weighted by atomic mass is 10.2. The highest BCUT2D eigenvalue weighted by Gasteiger charge is 2.37. The van der Waals surface area contributed by atoms with E-state index in [0.717, 1.165) is 25.0 Å². The SMILES string of the molecule is O=C(NCCn1nc(C(F)(F)F)cc1C1CC1)c1cccc(F)c1. The van der Waals surface area contributed by atoms with Crippen molar-refractivity contribution >= 4 is 5.91 Å².